The molecule has 22 heavy (non-hydrogen) atoms. The second kappa shape index (κ2) is 5.88. The van der Waals surface area contributed by atoms with Crippen LogP contribution in [0.2, 0.25) is 0 Å². The lowest BCUT2D eigenvalue weighted by atomic mass is 9.97. The lowest BCUT2D eigenvalue weighted by Crippen LogP contribution is -2.07. The number of hydrogen-bond donors (Lipinski definition) is 0. The van der Waals surface area contributed by atoms with Gasteiger partial charge in [0.2, 0.25) is 0 Å². The van der Waals surface area contributed by atoms with Crippen LogP contribution >= 0.6 is 0 Å². The van der Waals surface area contributed by atoms with E-state index in [1.807, 2.05) is 0 Å². The maximum Gasteiger partial charge on any atom is 0.417 e. The molecule has 0 aromatic heterocycles. The van der Waals surface area contributed by atoms with Gasteiger partial charge in [0, 0.05) is 12.0 Å². The summed E-state index contributed by atoms with van der Waals surface area (Å²) in [6.07, 6.45) is -1.23. The number of alkyl halides is 3. The fourth-order valence-corrected chi connectivity index (χ4v) is 2.35. The van der Waals surface area contributed by atoms with Crippen LogP contribution in [0.3, 0.4) is 0 Å². The molecule has 3 heteroatoms. The van der Waals surface area contributed by atoms with Gasteiger partial charge >= 0.3 is 6.18 Å². The zero-order valence-electron chi connectivity index (χ0n) is 12.0. The molecule has 1 aliphatic rings. The van der Waals surface area contributed by atoms with Crippen molar-refractivity contribution in [2.45, 2.75) is 25.4 Å². The van der Waals surface area contributed by atoms with Gasteiger partial charge < -0.3 is 0 Å². The summed E-state index contributed by atoms with van der Waals surface area (Å²) in [6, 6.07) is 13.0. The molecule has 1 aliphatic carbocycles. The normalized spacial score (nSPS) is 14.3. The maximum atomic E-state index is 13.3. The highest BCUT2D eigenvalue weighted by Crippen LogP contribution is 2.37. The molecular formula is C19H15F3. The summed E-state index contributed by atoms with van der Waals surface area (Å²) in [7, 11) is 0. The van der Waals surface area contributed by atoms with Gasteiger partial charge in [0.1, 0.15) is 0 Å². The highest BCUT2D eigenvalue weighted by atomic mass is 19.4. The zero-order chi connectivity index (χ0) is 15.6. The maximum absolute atomic E-state index is 13.3. The van der Waals surface area contributed by atoms with Crippen molar-refractivity contribution in [3.63, 3.8) is 0 Å². The first-order chi connectivity index (χ1) is 10.5. The van der Waals surface area contributed by atoms with Crippen LogP contribution in [0.1, 0.15) is 30.4 Å². The Kier molecular flexibility index (Phi) is 3.94. The van der Waals surface area contributed by atoms with Gasteiger partial charge in [-0.2, -0.15) is 13.2 Å². The summed E-state index contributed by atoms with van der Waals surface area (Å²) in [5.74, 6) is 6.49. The van der Waals surface area contributed by atoms with E-state index >= 15 is 0 Å². The second-order valence-corrected chi connectivity index (χ2v) is 5.57. The third-order valence-corrected chi connectivity index (χ3v) is 3.73. The van der Waals surface area contributed by atoms with Crippen molar-refractivity contribution in [2.75, 3.05) is 0 Å². The number of rotatable bonds is 2. The van der Waals surface area contributed by atoms with Gasteiger partial charge in [-0.1, -0.05) is 48.2 Å². The fraction of sp³-hybridized carbons (Fsp3) is 0.263. The van der Waals surface area contributed by atoms with Crippen molar-refractivity contribution in [3.8, 4) is 23.0 Å². The van der Waals surface area contributed by atoms with E-state index in [2.05, 4.69) is 11.8 Å². The first kappa shape index (κ1) is 14.7. The lowest BCUT2D eigenvalue weighted by molar-refractivity contribution is -0.137. The zero-order valence-corrected chi connectivity index (χ0v) is 12.0. The summed E-state index contributed by atoms with van der Waals surface area (Å²) >= 11 is 0. The van der Waals surface area contributed by atoms with E-state index in [1.54, 1.807) is 36.4 Å². The molecule has 3 rings (SSSR count). The lowest BCUT2D eigenvalue weighted by Gasteiger charge is -2.13. The average Bonchev–Trinajstić information content (AvgIpc) is 3.31. The summed E-state index contributed by atoms with van der Waals surface area (Å²) in [4.78, 5) is 0. The molecule has 1 fully saturated rings. The van der Waals surface area contributed by atoms with Crippen molar-refractivity contribution < 1.29 is 13.2 Å². The third kappa shape index (κ3) is 3.51. The van der Waals surface area contributed by atoms with Crippen molar-refractivity contribution in [1.82, 2.24) is 0 Å². The Morgan fingerprint density at radius 1 is 1.00 bits per heavy atom. The van der Waals surface area contributed by atoms with Crippen LogP contribution in [-0.2, 0) is 6.18 Å². The van der Waals surface area contributed by atoms with E-state index in [0.717, 1.165) is 12.5 Å². The van der Waals surface area contributed by atoms with E-state index in [0.29, 0.717) is 17.0 Å². The number of hydrogen-bond acceptors (Lipinski definition) is 0. The van der Waals surface area contributed by atoms with Gasteiger partial charge in [-0.25, -0.2) is 0 Å². The van der Waals surface area contributed by atoms with Gasteiger partial charge in [0.25, 0.3) is 0 Å². The molecule has 2 aromatic carbocycles. The van der Waals surface area contributed by atoms with Crippen molar-refractivity contribution in [2.24, 2.45) is 5.92 Å². The minimum absolute atomic E-state index is 0.195. The molecule has 112 valence electrons. The fourth-order valence-electron chi connectivity index (χ4n) is 2.35. The van der Waals surface area contributed by atoms with Crippen molar-refractivity contribution in [1.29, 1.82) is 0 Å². The minimum Gasteiger partial charge on any atom is -0.166 e. The van der Waals surface area contributed by atoms with Crippen LogP contribution in [0.15, 0.2) is 48.5 Å². The predicted octanol–water partition coefficient (Wildman–Crippen LogP) is 5.52. The van der Waals surface area contributed by atoms with E-state index in [-0.39, 0.29) is 5.56 Å². The molecule has 0 aliphatic heterocycles. The van der Waals surface area contributed by atoms with Gasteiger partial charge in [-0.05, 0) is 42.0 Å². The summed E-state index contributed by atoms with van der Waals surface area (Å²) < 4.78 is 40.0. The molecule has 0 N–H and O–H groups in total. The molecule has 0 bridgehead atoms. The van der Waals surface area contributed by atoms with E-state index in [1.165, 1.54) is 18.9 Å². The first-order valence-electron chi connectivity index (χ1n) is 7.29. The molecule has 0 heterocycles. The van der Waals surface area contributed by atoms with E-state index in [4.69, 9.17) is 0 Å². The predicted molar refractivity (Wildman–Crippen MR) is 81.1 cm³/mol. The molecule has 1 saturated carbocycles. The van der Waals surface area contributed by atoms with Crippen LogP contribution in [0.5, 0.6) is 0 Å². The van der Waals surface area contributed by atoms with Crippen molar-refractivity contribution in [3.05, 3.63) is 59.7 Å². The average molecular weight is 300 g/mol. The van der Waals surface area contributed by atoms with Gasteiger partial charge in [0.05, 0.1) is 5.56 Å². The van der Waals surface area contributed by atoms with Gasteiger partial charge in [0.15, 0.2) is 0 Å². The molecular weight excluding hydrogens is 285 g/mol. The Bertz CT molecular complexity index is 714. The van der Waals surface area contributed by atoms with Crippen LogP contribution < -0.4 is 0 Å². The largest absolute Gasteiger partial charge is 0.417 e. The molecule has 2 aromatic rings. The van der Waals surface area contributed by atoms with Gasteiger partial charge in [-0.3, -0.25) is 0 Å². The SMILES string of the molecule is FC(F)(F)c1cc(C#CCC2CC2)ccc1-c1ccccc1. The Labute approximate surface area is 128 Å². The van der Waals surface area contributed by atoms with Gasteiger partial charge in [-0.15, -0.1) is 0 Å². The monoisotopic (exact) mass is 300 g/mol. The Balaban J connectivity index is 1.97. The molecule has 0 spiro atoms. The Morgan fingerprint density at radius 2 is 1.73 bits per heavy atom. The van der Waals surface area contributed by atoms with Crippen molar-refractivity contribution >= 4 is 0 Å². The topological polar surface area (TPSA) is 0 Å². The highest BCUT2D eigenvalue weighted by molar-refractivity contribution is 5.69. The number of benzene rings is 2. The Hall–Kier alpha value is -2.21. The Morgan fingerprint density at radius 3 is 2.36 bits per heavy atom. The molecule has 0 nitrogen and oxygen atoms in total. The van der Waals surface area contributed by atoms with Crippen LogP contribution in [0.4, 0.5) is 13.2 Å². The van der Waals surface area contributed by atoms with E-state index in [9.17, 15) is 13.2 Å². The summed E-state index contributed by atoms with van der Waals surface area (Å²) in [5.41, 5.74) is 0.553. The van der Waals surface area contributed by atoms with Crippen LogP contribution in [0.25, 0.3) is 11.1 Å². The van der Waals surface area contributed by atoms with Crippen LogP contribution in [-0.4, -0.2) is 0 Å². The molecule has 0 radical (unpaired) electrons. The van der Waals surface area contributed by atoms with E-state index < -0.39 is 11.7 Å². The third-order valence-electron chi connectivity index (χ3n) is 3.73. The quantitative estimate of drug-likeness (QED) is 0.640. The minimum atomic E-state index is -4.39. The summed E-state index contributed by atoms with van der Waals surface area (Å²) in [6.45, 7) is 0. The standard InChI is InChI=1S/C19H15F3/c20-19(21,22)18-13-15(6-4-5-14-9-10-14)11-12-17(18)16-7-2-1-3-8-16/h1-3,7-8,11-14H,5,9-10H2. The molecule has 0 atom stereocenters. The number of halogens is 3. The second-order valence-electron chi connectivity index (χ2n) is 5.57. The van der Waals surface area contributed by atoms with Crippen LogP contribution in [0, 0.1) is 17.8 Å². The summed E-state index contributed by atoms with van der Waals surface area (Å²) in [5, 5.41) is 0. The molecule has 0 amide bonds. The molecule has 0 saturated heterocycles. The first-order valence-corrected chi connectivity index (χ1v) is 7.29. The highest BCUT2D eigenvalue weighted by Gasteiger charge is 2.33. The molecule has 0 unspecified atom stereocenters. The smallest absolute Gasteiger partial charge is 0.166 e.